The normalized spacial score (nSPS) is 21.8. The average Bonchev–Trinajstić information content (AvgIpc) is 3.71. The number of benzene rings is 1. The Morgan fingerprint density at radius 3 is 2.46 bits per heavy atom. The van der Waals surface area contributed by atoms with Crippen molar-refractivity contribution in [3.63, 3.8) is 0 Å². The molecule has 250 valence electrons. The summed E-state index contributed by atoms with van der Waals surface area (Å²) in [5.41, 5.74) is 1.32. The lowest BCUT2D eigenvalue weighted by atomic mass is 9.91. The van der Waals surface area contributed by atoms with E-state index in [9.17, 15) is 31.9 Å². The van der Waals surface area contributed by atoms with Gasteiger partial charge in [-0.15, -0.1) is 0 Å². The molecule has 13 heteroatoms. The molecule has 1 aromatic carbocycles. The molecule has 2 atom stereocenters. The fourth-order valence-corrected chi connectivity index (χ4v) is 6.68. The molecule has 2 aliphatic carbocycles. The van der Waals surface area contributed by atoms with Crippen LogP contribution in [0.25, 0.3) is 0 Å². The Bertz CT molecular complexity index is 1410. The van der Waals surface area contributed by atoms with Crippen LogP contribution in [-0.4, -0.2) is 76.8 Å². The number of nitrogens with zero attached hydrogens (tertiary/aromatic N) is 3. The maximum atomic E-state index is 13.6. The first-order valence-corrected chi connectivity index (χ1v) is 15.8. The third-order valence-electron chi connectivity index (χ3n) is 9.28. The largest absolute Gasteiger partial charge is 0.487 e. The molecule has 5 rings (SSSR count). The molecule has 46 heavy (non-hydrogen) atoms. The quantitative estimate of drug-likeness (QED) is 0.333. The Balaban J connectivity index is 1.23. The second-order valence-electron chi connectivity index (χ2n) is 12.5. The number of nitrogens with one attached hydrogen (secondary N) is 1. The monoisotopic (exact) mass is 648 g/mol. The summed E-state index contributed by atoms with van der Waals surface area (Å²) < 4.78 is 64.1. The van der Waals surface area contributed by atoms with E-state index in [1.165, 1.54) is 22.8 Å². The topological polar surface area (TPSA) is 101 Å². The summed E-state index contributed by atoms with van der Waals surface area (Å²) in [7, 11) is 1.59. The van der Waals surface area contributed by atoms with E-state index in [1.54, 1.807) is 37.4 Å². The van der Waals surface area contributed by atoms with Crippen LogP contribution in [0.15, 0.2) is 36.4 Å². The number of ether oxygens (including phenoxy) is 2. The number of carbonyl (C=O) groups excluding carboxylic acids is 3. The molecule has 1 aromatic heterocycles. The highest BCUT2D eigenvalue weighted by molar-refractivity contribution is 5.92. The molecular formula is C33H40F4N4O5. The van der Waals surface area contributed by atoms with Gasteiger partial charge in [-0.25, -0.2) is 13.8 Å². The molecular weight excluding hydrogens is 608 g/mol. The van der Waals surface area contributed by atoms with Gasteiger partial charge in [0.05, 0.1) is 18.3 Å². The van der Waals surface area contributed by atoms with Crippen LogP contribution in [0.3, 0.4) is 0 Å². The van der Waals surface area contributed by atoms with Crippen LogP contribution < -0.4 is 14.8 Å². The van der Waals surface area contributed by atoms with Crippen molar-refractivity contribution >= 4 is 17.7 Å². The van der Waals surface area contributed by atoms with E-state index in [4.69, 9.17) is 9.47 Å². The number of amides is 3. The van der Waals surface area contributed by atoms with Gasteiger partial charge in [-0.3, -0.25) is 14.4 Å². The predicted octanol–water partition coefficient (Wildman–Crippen LogP) is 5.68. The smallest absolute Gasteiger partial charge is 0.387 e. The van der Waals surface area contributed by atoms with Crippen LogP contribution >= 0.6 is 0 Å². The van der Waals surface area contributed by atoms with Crippen molar-refractivity contribution in [2.24, 2.45) is 0 Å². The van der Waals surface area contributed by atoms with E-state index >= 15 is 0 Å². The first-order chi connectivity index (χ1) is 21.9. The van der Waals surface area contributed by atoms with Crippen molar-refractivity contribution in [3.05, 3.63) is 53.3 Å². The number of hydrogen-bond acceptors (Lipinski definition) is 6. The minimum absolute atomic E-state index is 0.00523. The lowest BCUT2D eigenvalue weighted by molar-refractivity contribution is -0.136. The predicted molar refractivity (Wildman–Crippen MR) is 160 cm³/mol. The van der Waals surface area contributed by atoms with Crippen molar-refractivity contribution in [1.29, 1.82) is 0 Å². The van der Waals surface area contributed by atoms with Gasteiger partial charge < -0.3 is 24.6 Å². The molecule has 2 saturated carbocycles. The van der Waals surface area contributed by atoms with Crippen LogP contribution in [0, 0.1) is 0 Å². The number of halogens is 4. The Kier molecular flexibility index (Phi) is 10.4. The van der Waals surface area contributed by atoms with Crippen molar-refractivity contribution in [1.82, 2.24) is 20.1 Å². The molecule has 1 saturated heterocycles. The number of pyridine rings is 1. The fourth-order valence-electron chi connectivity index (χ4n) is 6.68. The van der Waals surface area contributed by atoms with Gasteiger partial charge in [0.15, 0.2) is 11.5 Å². The van der Waals surface area contributed by atoms with E-state index in [1.807, 2.05) is 0 Å². The minimum Gasteiger partial charge on any atom is -0.487 e. The van der Waals surface area contributed by atoms with Crippen LogP contribution in [0.2, 0.25) is 0 Å². The number of carbonyl (C=O) groups is 3. The van der Waals surface area contributed by atoms with Crippen molar-refractivity contribution in [3.8, 4) is 11.5 Å². The molecule has 1 unspecified atom stereocenters. The second-order valence-corrected chi connectivity index (χ2v) is 12.5. The van der Waals surface area contributed by atoms with Gasteiger partial charge in [-0.05, 0) is 74.8 Å². The molecule has 0 bridgehead atoms. The standard InChI is InChI=1S/C33H40F4N4O5/c1-20(42)41-19-22(21-10-11-28(46-32(34)35)29(17-21)45-25-7-3-4-8-25)16-27(41)30(43)38-18-23-6-5-9-26(39-23)31(44)40(2)24-12-14-33(36,37)15-13-24/h5-6,9-11,17,22,24-25,27,32H,3-4,7-8,12-16,18-19H2,1-2H3,(H,38,43)/t22?,27-/m1/s1. The summed E-state index contributed by atoms with van der Waals surface area (Å²) in [6.45, 7) is -1.36. The van der Waals surface area contributed by atoms with Gasteiger partial charge in [0.2, 0.25) is 17.7 Å². The molecule has 1 aliphatic heterocycles. The first-order valence-electron chi connectivity index (χ1n) is 15.8. The highest BCUT2D eigenvalue weighted by Gasteiger charge is 2.40. The van der Waals surface area contributed by atoms with Crippen molar-refractivity contribution in [2.45, 2.75) is 108 Å². The fraction of sp³-hybridized carbons (Fsp3) is 0.576. The summed E-state index contributed by atoms with van der Waals surface area (Å²) in [5, 5.41) is 2.82. The minimum atomic E-state index is -3.01. The van der Waals surface area contributed by atoms with Crippen LogP contribution in [-0.2, 0) is 16.1 Å². The number of likely N-dealkylation sites (tertiary alicyclic amines) is 1. The van der Waals surface area contributed by atoms with Gasteiger partial charge in [0, 0.05) is 45.3 Å². The summed E-state index contributed by atoms with van der Waals surface area (Å²) in [4.78, 5) is 46.3. The van der Waals surface area contributed by atoms with Gasteiger partial charge in [-0.2, -0.15) is 8.78 Å². The van der Waals surface area contributed by atoms with E-state index in [-0.39, 0.29) is 85.8 Å². The molecule has 3 aliphatic rings. The molecule has 3 fully saturated rings. The highest BCUT2D eigenvalue weighted by atomic mass is 19.3. The van der Waals surface area contributed by atoms with E-state index in [2.05, 4.69) is 10.3 Å². The van der Waals surface area contributed by atoms with Crippen LogP contribution in [0.4, 0.5) is 17.6 Å². The van der Waals surface area contributed by atoms with E-state index < -0.39 is 24.5 Å². The maximum absolute atomic E-state index is 13.6. The number of rotatable bonds is 10. The molecule has 2 heterocycles. The SMILES string of the molecule is CC(=O)N1CC(c2ccc(OC(F)F)c(OC3CCCC3)c2)C[C@@H]1C(=O)NCc1cccc(C(=O)N(C)C2CCC(F)(F)CC2)n1. The zero-order valence-electron chi connectivity index (χ0n) is 26.0. The van der Waals surface area contributed by atoms with Gasteiger partial charge in [0.1, 0.15) is 11.7 Å². The number of aromatic nitrogens is 1. The van der Waals surface area contributed by atoms with Crippen molar-refractivity contribution in [2.75, 3.05) is 13.6 Å². The first kappa shape index (κ1) is 33.5. The number of hydrogen-bond donors (Lipinski definition) is 1. The van der Waals surface area contributed by atoms with Crippen molar-refractivity contribution < 1.29 is 41.4 Å². The third kappa shape index (κ3) is 8.08. The van der Waals surface area contributed by atoms with E-state index in [0.717, 1.165) is 31.2 Å². The Morgan fingerprint density at radius 1 is 1.07 bits per heavy atom. The van der Waals surface area contributed by atoms with Gasteiger partial charge >= 0.3 is 6.61 Å². The molecule has 1 N–H and O–H groups in total. The van der Waals surface area contributed by atoms with Crippen LogP contribution in [0.1, 0.15) is 92.4 Å². The summed E-state index contributed by atoms with van der Waals surface area (Å²) in [5.74, 6) is -3.84. The van der Waals surface area contributed by atoms with Gasteiger partial charge in [0.25, 0.3) is 5.91 Å². The Morgan fingerprint density at radius 2 is 1.78 bits per heavy atom. The Hall–Kier alpha value is -3.90. The zero-order valence-corrected chi connectivity index (χ0v) is 26.0. The average molecular weight is 649 g/mol. The second kappa shape index (κ2) is 14.3. The van der Waals surface area contributed by atoms with Crippen LogP contribution in [0.5, 0.6) is 11.5 Å². The summed E-state index contributed by atoms with van der Waals surface area (Å²) in [6, 6.07) is 8.54. The zero-order chi connectivity index (χ0) is 33.0. The highest BCUT2D eigenvalue weighted by Crippen LogP contribution is 2.39. The summed E-state index contributed by atoms with van der Waals surface area (Å²) >= 11 is 0. The molecule has 2 aromatic rings. The third-order valence-corrected chi connectivity index (χ3v) is 9.28. The van der Waals surface area contributed by atoms with E-state index in [0.29, 0.717) is 12.1 Å². The molecule has 9 nitrogen and oxygen atoms in total. The lowest BCUT2D eigenvalue weighted by Gasteiger charge is -2.34. The lowest BCUT2D eigenvalue weighted by Crippen LogP contribution is -2.45. The van der Waals surface area contributed by atoms with Gasteiger partial charge in [-0.1, -0.05) is 12.1 Å². The Labute approximate surface area is 265 Å². The molecule has 0 radical (unpaired) electrons. The summed E-state index contributed by atoms with van der Waals surface area (Å²) in [6.07, 6.45) is 3.77. The molecule has 3 amide bonds. The molecule has 0 spiro atoms. The maximum Gasteiger partial charge on any atom is 0.387 e. The number of alkyl halides is 4.